The van der Waals surface area contributed by atoms with Crippen molar-refractivity contribution in [3.05, 3.63) is 60.9 Å². The molecule has 34 heavy (non-hydrogen) atoms. The molecule has 10 heteroatoms. The largest absolute Gasteiger partial charge is 0.490 e. The number of thiocarbonyl (C=S) groups is 1. The molecule has 2 aromatic carbocycles. The van der Waals surface area contributed by atoms with Gasteiger partial charge in [0.15, 0.2) is 11.5 Å². The molecule has 2 heterocycles. The van der Waals surface area contributed by atoms with E-state index in [9.17, 15) is 4.79 Å². The van der Waals surface area contributed by atoms with Gasteiger partial charge in [0.2, 0.25) is 0 Å². The first-order valence-electron chi connectivity index (χ1n) is 10.8. The number of ether oxygens (including phenoxy) is 3. The summed E-state index contributed by atoms with van der Waals surface area (Å²) < 4.78 is 18.8. The first-order chi connectivity index (χ1) is 16.4. The van der Waals surface area contributed by atoms with E-state index in [1.54, 1.807) is 17.0 Å². The van der Waals surface area contributed by atoms with Gasteiger partial charge >= 0.3 is 0 Å². The summed E-state index contributed by atoms with van der Waals surface area (Å²) in [6.45, 7) is 3.89. The van der Waals surface area contributed by atoms with Crippen LogP contribution in [0.5, 0.6) is 11.5 Å². The minimum atomic E-state index is -0.0977. The molecule has 4 rings (SSSR count). The lowest BCUT2D eigenvalue weighted by Gasteiger charge is -2.18. The number of benzene rings is 2. The molecule has 2 fully saturated rings. The molecule has 2 aliphatic rings. The van der Waals surface area contributed by atoms with Gasteiger partial charge < -0.3 is 14.2 Å². The summed E-state index contributed by atoms with van der Waals surface area (Å²) in [5.74, 6) is 1.04. The number of thioether (sulfide) groups is 1. The average Bonchev–Trinajstić information content (AvgIpc) is 3.40. The Balaban J connectivity index is 1.53. The van der Waals surface area contributed by atoms with Crippen LogP contribution in [-0.4, -0.2) is 41.0 Å². The number of carbonyl (C=O) groups is 1. The highest BCUT2D eigenvalue weighted by Gasteiger charge is 2.34. The quantitative estimate of drug-likeness (QED) is 0.237. The van der Waals surface area contributed by atoms with Gasteiger partial charge in [-0.2, -0.15) is 0 Å². The molecule has 0 N–H and O–H groups in total. The maximum absolute atomic E-state index is 13.0. The Kier molecular flexibility index (Phi) is 8.82. The zero-order valence-corrected chi connectivity index (χ0v) is 23.0. The number of nitrogens with zero attached hydrogens (tertiary/aromatic N) is 1. The van der Waals surface area contributed by atoms with Gasteiger partial charge in [-0.3, -0.25) is 9.69 Å². The number of halogens is 3. The van der Waals surface area contributed by atoms with Crippen LogP contribution in [0.1, 0.15) is 30.9 Å². The lowest BCUT2D eigenvalue weighted by atomic mass is 10.1. The summed E-state index contributed by atoms with van der Waals surface area (Å²) >= 11 is 22.5. The molecular formula is C24H22BrCl2NO4S2. The summed E-state index contributed by atoms with van der Waals surface area (Å²) in [5, 5.41) is 0.964. The monoisotopic (exact) mass is 601 g/mol. The molecule has 2 saturated heterocycles. The van der Waals surface area contributed by atoms with Crippen LogP contribution in [0.4, 0.5) is 0 Å². The Bertz CT molecular complexity index is 1140. The van der Waals surface area contributed by atoms with Crippen molar-refractivity contribution in [1.29, 1.82) is 0 Å². The molecule has 1 atom stereocenters. The molecule has 180 valence electrons. The number of hydrogen-bond donors (Lipinski definition) is 0. The minimum Gasteiger partial charge on any atom is -0.490 e. The van der Waals surface area contributed by atoms with E-state index in [0.717, 1.165) is 30.6 Å². The second-order valence-corrected chi connectivity index (χ2v) is 11.1. The number of amides is 1. The highest BCUT2D eigenvalue weighted by molar-refractivity contribution is 9.10. The zero-order chi connectivity index (χ0) is 24.2. The van der Waals surface area contributed by atoms with E-state index >= 15 is 0 Å². The van der Waals surface area contributed by atoms with Crippen molar-refractivity contribution in [3.63, 3.8) is 0 Å². The highest BCUT2D eigenvalue weighted by atomic mass is 79.9. The van der Waals surface area contributed by atoms with Crippen LogP contribution in [-0.2, 0) is 16.1 Å². The van der Waals surface area contributed by atoms with E-state index in [1.807, 2.05) is 31.2 Å². The fourth-order valence-corrected chi connectivity index (χ4v) is 5.83. The topological polar surface area (TPSA) is 48.0 Å². The Hall–Kier alpha value is -1.29. The van der Waals surface area contributed by atoms with E-state index < -0.39 is 0 Å². The van der Waals surface area contributed by atoms with E-state index in [4.69, 9.17) is 49.6 Å². The Morgan fingerprint density at radius 3 is 2.79 bits per heavy atom. The van der Waals surface area contributed by atoms with Crippen LogP contribution in [0.25, 0.3) is 6.08 Å². The molecule has 1 amide bonds. The summed E-state index contributed by atoms with van der Waals surface area (Å²) in [7, 11) is 0. The van der Waals surface area contributed by atoms with Crippen molar-refractivity contribution >= 4 is 79.4 Å². The van der Waals surface area contributed by atoms with E-state index in [0.29, 0.717) is 48.4 Å². The maximum Gasteiger partial charge on any atom is 0.266 e. The van der Waals surface area contributed by atoms with Gasteiger partial charge in [0.05, 0.1) is 38.7 Å². The van der Waals surface area contributed by atoms with Crippen LogP contribution in [0.2, 0.25) is 10.0 Å². The number of rotatable bonds is 8. The molecule has 2 aliphatic heterocycles. The third-order valence-corrected chi connectivity index (χ3v) is 7.99. The van der Waals surface area contributed by atoms with Crippen LogP contribution in [0, 0.1) is 0 Å². The van der Waals surface area contributed by atoms with Crippen LogP contribution in [0.3, 0.4) is 0 Å². The predicted octanol–water partition coefficient (Wildman–Crippen LogP) is 7.11. The summed E-state index contributed by atoms with van der Waals surface area (Å²) in [6, 6.07) is 9.10. The molecule has 0 unspecified atom stereocenters. The van der Waals surface area contributed by atoms with Crippen LogP contribution < -0.4 is 9.47 Å². The third-order valence-electron chi connectivity index (χ3n) is 5.28. The average molecular weight is 603 g/mol. The van der Waals surface area contributed by atoms with E-state index in [-0.39, 0.29) is 18.6 Å². The molecule has 0 aliphatic carbocycles. The number of carbonyl (C=O) groups excluding carboxylic acids is 1. The minimum absolute atomic E-state index is 0.0486. The molecule has 0 saturated carbocycles. The van der Waals surface area contributed by atoms with Crippen LogP contribution in [0.15, 0.2) is 39.7 Å². The van der Waals surface area contributed by atoms with E-state index in [1.165, 1.54) is 11.8 Å². The van der Waals surface area contributed by atoms with Crippen molar-refractivity contribution in [1.82, 2.24) is 4.90 Å². The van der Waals surface area contributed by atoms with Crippen molar-refractivity contribution < 1.29 is 19.0 Å². The third kappa shape index (κ3) is 6.09. The second-order valence-electron chi connectivity index (χ2n) is 7.73. The maximum atomic E-state index is 13.0. The van der Waals surface area contributed by atoms with Gasteiger partial charge in [0, 0.05) is 6.61 Å². The van der Waals surface area contributed by atoms with Crippen molar-refractivity contribution in [3.8, 4) is 11.5 Å². The Morgan fingerprint density at radius 2 is 2.09 bits per heavy atom. The Morgan fingerprint density at radius 1 is 1.26 bits per heavy atom. The predicted molar refractivity (Wildman–Crippen MR) is 145 cm³/mol. The lowest BCUT2D eigenvalue weighted by molar-refractivity contribution is -0.123. The highest BCUT2D eigenvalue weighted by Crippen LogP contribution is 2.40. The molecular weight excluding hydrogens is 581 g/mol. The molecule has 0 radical (unpaired) electrons. The first kappa shape index (κ1) is 25.8. The van der Waals surface area contributed by atoms with Crippen molar-refractivity contribution in [2.24, 2.45) is 0 Å². The zero-order valence-electron chi connectivity index (χ0n) is 18.3. The van der Waals surface area contributed by atoms with Gasteiger partial charge in [-0.05, 0) is 77.2 Å². The summed E-state index contributed by atoms with van der Waals surface area (Å²) in [4.78, 5) is 15.2. The summed E-state index contributed by atoms with van der Waals surface area (Å²) in [5.41, 5.74) is 1.68. The van der Waals surface area contributed by atoms with Gasteiger partial charge in [0.1, 0.15) is 10.9 Å². The Labute approximate surface area is 226 Å². The molecule has 0 bridgehead atoms. The molecule has 0 aromatic heterocycles. The molecule has 0 spiro atoms. The van der Waals surface area contributed by atoms with Crippen molar-refractivity contribution in [2.45, 2.75) is 32.5 Å². The fraction of sp³-hybridized carbons (Fsp3) is 0.333. The van der Waals surface area contributed by atoms with E-state index in [2.05, 4.69) is 15.9 Å². The second kappa shape index (κ2) is 11.6. The fourth-order valence-electron chi connectivity index (χ4n) is 3.66. The van der Waals surface area contributed by atoms with Crippen molar-refractivity contribution in [2.75, 3.05) is 19.8 Å². The van der Waals surface area contributed by atoms with Gasteiger partial charge in [-0.1, -0.05) is 53.2 Å². The van der Waals surface area contributed by atoms with Gasteiger partial charge in [-0.25, -0.2) is 0 Å². The SMILES string of the molecule is CCOc1cc(/C=C2\SC(=S)N(C[C@H]3CCCO3)C2=O)cc(Br)c1OCc1ccc(Cl)c(Cl)c1. The standard InChI is InChI=1S/C24H22BrCl2NO4S2/c1-2-30-20-10-15(8-17(25)22(20)32-13-14-5-6-18(26)19(27)9-14)11-21-23(29)28(24(33)34-21)12-16-4-3-7-31-16/h5-6,8-11,16H,2-4,7,12-13H2,1H3/b21-11-/t16-/m1/s1. The smallest absolute Gasteiger partial charge is 0.266 e. The van der Waals surface area contributed by atoms with Gasteiger partial charge in [0.25, 0.3) is 5.91 Å². The molecule has 2 aromatic rings. The first-order valence-corrected chi connectivity index (χ1v) is 13.5. The lowest BCUT2D eigenvalue weighted by Crippen LogP contribution is -2.35. The van der Waals surface area contributed by atoms with Gasteiger partial charge in [-0.15, -0.1) is 0 Å². The number of hydrogen-bond acceptors (Lipinski definition) is 6. The van der Waals surface area contributed by atoms with Crippen LogP contribution >= 0.6 is 63.1 Å². The normalized spacial score (nSPS) is 19.4. The summed E-state index contributed by atoms with van der Waals surface area (Å²) in [6.07, 6.45) is 3.84. The molecule has 5 nitrogen and oxygen atoms in total.